The number of hydrogen-bond acceptors (Lipinski definition) is 2. The molecule has 0 fully saturated rings. The number of para-hydroxylation sites is 1. The van der Waals surface area contributed by atoms with Crippen molar-refractivity contribution < 1.29 is 0 Å². The van der Waals surface area contributed by atoms with Gasteiger partial charge in [-0.3, -0.25) is 0 Å². The van der Waals surface area contributed by atoms with Gasteiger partial charge in [-0.25, -0.2) is 4.68 Å². The average molecular weight is 252 g/mol. The van der Waals surface area contributed by atoms with Crippen LogP contribution in [0.15, 0.2) is 24.3 Å². The Morgan fingerprint density at radius 1 is 1.29 bits per heavy atom. The van der Waals surface area contributed by atoms with Crippen LogP contribution in [0.4, 0.5) is 0 Å². The molecule has 1 heterocycles. The molecule has 1 unspecified atom stereocenters. The first-order chi connectivity index (χ1) is 8.36. The number of halogens is 1. The van der Waals surface area contributed by atoms with E-state index in [1.807, 2.05) is 22.9 Å². The lowest BCUT2D eigenvalue weighted by Crippen LogP contribution is -2.12. The Bertz CT molecular complexity index is 466. The predicted octanol–water partition coefficient (Wildman–Crippen LogP) is 3.79. The number of hydrogen-bond donors (Lipinski definition) is 0. The molecular weight excluding hydrogens is 234 g/mol. The number of aromatic nitrogens is 3. The van der Waals surface area contributed by atoms with Crippen molar-refractivity contribution in [3.05, 3.63) is 24.3 Å². The molecule has 0 amide bonds. The minimum absolute atomic E-state index is 0.260. The highest BCUT2D eigenvalue weighted by Crippen LogP contribution is 2.21. The van der Waals surface area contributed by atoms with Gasteiger partial charge in [0.1, 0.15) is 5.52 Å². The first-order valence-corrected chi connectivity index (χ1v) is 6.76. The van der Waals surface area contributed by atoms with E-state index in [2.05, 4.69) is 23.3 Å². The molecule has 92 valence electrons. The second kappa shape index (κ2) is 6.01. The minimum Gasteiger partial charge on any atom is -0.240 e. The summed E-state index contributed by atoms with van der Waals surface area (Å²) in [6.07, 6.45) is 4.75. The standard InChI is InChI=1S/C13H18ClN3/c1-2-3-4-7-11(10-14)17-13-9-6-5-8-12(13)15-16-17/h5-6,8-9,11H,2-4,7,10H2,1H3. The molecule has 0 aliphatic carbocycles. The maximum Gasteiger partial charge on any atom is 0.113 e. The second-order valence-corrected chi connectivity index (χ2v) is 4.64. The van der Waals surface area contributed by atoms with Crippen molar-refractivity contribution in [3.8, 4) is 0 Å². The molecule has 0 N–H and O–H groups in total. The summed E-state index contributed by atoms with van der Waals surface area (Å²) in [5.41, 5.74) is 2.02. The molecule has 3 nitrogen and oxygen atoms in total. The first kappa shape index (κ1) is 12.4. The average Bonchev–Trinajstić information content (AvgIpc) is 2.79. The summed E-state index contributed by atoms with van der Waals surface area (Å²) in [6.45, 7) is 2.21. The highest BCUT2D eigenvalue weighted by Gasteiger charge is 2.13. The van der Waals surface area contributed by atoms with Crippen molar-refractivity contribution in [2.75, 3.05) is 5.88 Å². The molecule has 0 bridgehead atoms. The zero-order chi connectivity index (χ0) is 12.1. The summed E-state index contributed by atoms with van der Waals surface area (Å²) in [6, 6.07) is 8.29. The van der Waals surface area contributed by atoms with E-state index in [-0.39, 0.29) is 6.04 Å². The zero-order valence-corrected chi connectivity index (χ0v) is 10.9. The van der Waals surface area contributed by atoms with E-state index in [1.54, 1.807) is 0 Å². The van der Waals surface area contributed by atoms with Gasteiger partial charge in [-0.05, 0) is 18.6 Å². The van der Waals surface area contributed by atoms with E-state index in [0.717, 1.165) is 17.5 Å². The lowest BCUT2D eigenvalue weighted by atomic mass is 10.1. The van der Waals surface area contributed by atoms with Gasteiger partial charge in [0, 0.05) is 5.88 Å². The fourth-order valence-corrected chi connectivity index (χ4v) is 2.34. The zero-order valence-electron chi connectivity index (χ0n) is 10.1. The van der Waals surface area contributed by atoms with Crippen molar-refractivity contribution >= 4 is 22.6 Å². The van der Waals surface area contributed by atoms with Crippen molar-refractivity contribution in [3.63, 3.8) is 0 Å². The fraction of sp³-hybridized carbons (Fsp3) is 0.538. The van der Waals surface area contributed by atoms with E-state index in [9.17, 15) is 0 Å². The van der Waals surface area contributed by atoms with E-state index >= 15 is 0 Å². The summed E-state index contributed by atoms with van der Waals surface area (Å²) in [5.74, 6) is 0.594. The van der Waals surface area contributed by atoms with E-state index in [0.29, 0.717) is 5.88 Å². The highest BCUT2D eigenvalue weighted by molar-refractivity contribution is 6.18. The number of alkyl halides is 1. The van der Waals surface area contributed by atoms with Crippen LogP contribution in [0.3, 0.4) is 0 Å². The van der Waals surface area contributed by atoms with Gasteiger partial charge < -0.3 is 0 Å². The number of fused-ring (bicyclic) bond motifs is 1. The third kappa shape index (κ3) is 2.78. The van der Waals surface area contributed by atoms with Gasteiger partial charge in [-0.1, -0.05) is 43.5 Å². The Morgan fingerprint density at radius 2 is 2.12 bits per heavy atom. The number of nitrogens with zero attached hydrogens (tertiary/aromatic N) is 3. The third-order valence-corrected chi connectivity index (χ3v) is 3.40. The molecule has 0 spiro atoms. The number of benzene rings is 1. The van der Waals surface area contributed by atoms with Gasteiger partial charge in [0.05, 0.1) is 11.6 Å². The van der Waals surface area contributed by atoms with Crippen LogP contribution in [0, 0.1) is 0 Å². The van der Waals surface area contributed by atoms with Crippen LogP contribution in [-0.2, 0) is 0 Å². The normalized spacial score (nSPS) is 13.1. The summed E-state index contributed by atoms with van der Waals surface area (Å²) in [4.78, 5) is 0. The van der Waals surface area contributed by atoms with Crippen LogP contribution in [-0.4, -0.2) is 20.9 Å². The first-order valence-electron chi connectivity index (χ1n) is 6.22. The maximum absolute atomic E-state index is 6.05. The van der Waals surface area contributed by atoms with Crippen molar-refractivity contribution in [1.82, 2.24) is 15.0 Å². The molecule has 2 rings (SSSR count). The molecule has 0 saturated carbocycles. The lowest BCUT2D eigenvalue weighted by molar-refractivity contribution is 0.444. The molecule has 4 heteroatoms. The SMILES string of the molecule is CCCCCC(CCl)n1nnc2ccccc21. The van der Waals surface area contributed by atoms with Crippen LogP contribution in [0.2, 0.25) is 0 Å². The number of unbranched alkanes of at least 4 members (excludes halogenated alkanes) is 2. The molecule has 1 atom stereocenters. The van der Waals surface area contributed by atoms with Gasteiger partial charge in [-0.15, -0.1) is 16.7 Å². The molecule has 0 aliphatic rings. The van der Waals surface area contributed by atoms with Crippen LogP contribution in [0.1, 0.15) is 38.6 Å². The van der Waals surface area contributed by atoms with Crippen molar-refractivity contribution in [2.45, 2.75) is 38.6 Å². The highest BCUT2D eigenvalue weighted by atomic mass is 35.5. The Kier molecular flexibility index (Phi) is 4.37. The topological polar surface area (TPSA) is 30.7 Å². The van der Waals surface area contributed by atoms with Crippen LogP contribution in [0.5, 0.6) is 0 Å². The Hall–Kier alpha value is -1.09. The van der Waals surface area contributed by atoms with E-state index in [1.165, 1.54) is 19.3 Å². The van der Waals surface area contributed by atoms with Crippen LogP contribution < -0.4 is 0 Å². The Morgan fingerprint density at radius 3 is 2.88 bits per heavy atom. The molecular formula is C13H18ClN3. The molecule has 0 radical (unpaired) electrons. The number of rotatable bonds is 6. The molecule has 1 aromatic carbocycles. The Balaban J connectivity index is 2.18. The van der Waals surface area contributed by atoms with Crippen LogP contribution >= 0.6 is 11.6 Å². The van der Waals surface area contributed by atoms with Gasteiger partial charge in [0.15, 0.2) is 0 Å². The van der Waals surface area contributed by atoms with Gasteiger partial charge in [0.25, 0.3) is 0 Å². The monoisotopic (exact) mass is 251 g/mol. The molecule has 17 heavy (non-hydrogen) atoms. The van der Waals surface area contributed by atoms with Crippen molar-refractivity contribution in [2.24, 2.45) is 0 Å². The van der Waals surface area contributed by atoms with Crippen LogP contribution in [0.25, 0.3) is 11.0 Å². The van der Waals surface area contributed by atoms with Gasteiger partial charge >= 0.3 is 0 Å². The molecule has 1 aromatic heterocycles. The quantitative estimate of drug-likeness (QED) is 0.578. The molecule has 0 saturated heterocycles. The van der Waals surface area contributed by atoms with Gasteiger partial charge in [0.2, 0.25) is 0 Å². The summed E-state index contributed by atoms with van der Waals surface area (Å²) >= 11 is 6.05. The maximum atomic E-state index is 6.05. The van der Waals surface area contributed by atoms with Crippen molar-refractivity contribution in [1.29, 1.82) is 0 Å². The largest absolute Gasteiger partial charge is 0.240 e. The lowest BCUT2D eigenvalue weighted by Gasteiger charge is -2.14. The van der Waals surface area contributed by atoms with Gasteiger partial charge in [-0.2, -0.15) is 0 Å². The fourth-order valence-electron chi connectivity index (χ4n) is 2.05. The van der Waals surface area contributed by atoms with E-state index in [4.69, 9.17) is 11.6 Å². The molecule has 2 aromatic rings. The summed E-state index contributed by atoms with van der Waals surface area (Å²) in [7, 11) is 0. The summed E-state index contributed by atoms with van der Waals surface area (Å²) in [5, 5.41) is 8.40. The smallest absolute Gasteiger partial charge is 0.113 e. The Labute approximate surface area is 107 Å². The second-order valence-electron chi connectivity index (χ2n) is 4.33. The predicted molar refractivity (Wildman–Crippen MR) is 71.4 cm³/mol. The molecule has 0 aliphatic heterocycles. The minimum atomic E-state index is 0.260. The van der Waals surface area contributed by atoms with E-state index < -0.39 is 0 Å². The summed E-state index contributed by atoms with van der Waals surface area (Å²) < 4.78 is 1.97. The third-order valence-electron chi connectivity index (χ3n) is 3.04.